The number of carbonyl (C=O) groups excluding carboxylic acids is 1. The van der Waals surface area contributed by atoms with E-state index in [1.54, 1.807) is 11.3 Å². The number of thiophene rings is 1. The Bertz CT molecular complexity index is 496. The smallest absolute Gasteiger partial charge is 0.268 e. The first-order valence-electron chi connectivity index (χ1n) is 4.93. The van der Waals surface area contributed by atoms with Gasteiger partial charge in [-0.05, 0) is 31.4 Å². The highest BCUT2D eigenvalue weighted by Gasteiger charge is 2.14. The predicted octanol–water partition coefficient (Wildman–Crippen LogP) is 2.38. The molecule has 0 aliphatic carbocycles. The summed E-state index contributed by atoms with van der Waals surface area (Å²) in [5.74, 6) is -0.00380. The van der Waals surface area contributed by atoms with Crippen LogP contribution in [0.5, 0.6) is 0 Å². The highest BCUT2D eigenvalue weighted by Crippen LogP contribution is 2.23. The molecule has 0 saturated heterocycles. The van der Waals surface area contributed by atoms with Crippen LogP contribution in [-0.4, -0.2) is 16.5 Å². The van der Waals surface area contributed by atoms with Crippen molar-refractivity contribution in [3.8, 4) is 0 Å². The third-order valence-electron chi connectivity index (χ3n) is 2.32. The molecule has 0 spiro atoms. The van der Waals surface area contributed by atoms with Gasteiger partial charge in [-0.25, -0.2) is 0 Å². The number of rotatable bonds is 2. The largest absolute Gasteiger partial charge is 0.349 e. The lowest BCUT2D eigenvalue weighted by Crippen LogP contribution is -2.31. The number of carbonyl (C=O) groups is 1. The average Bonchev–Trinajstić information content (AvgIpc) is 2.67. The molecule has 0 unspecified atom stereocenters. The number of hydrogen-bond acceptors (Lipinski definition) is 2. The molecule has 0 fully saturated rings. The molecular weight excluding hydrogens is 208 g/mol. The van der Waals surface area contributed by atoms with E-state index in [9.17, 15) is 4.79 Å². The van der Waals surface area contributed by atoms with Gasteiger partial charge in [-0.3, -0.25) is 4.79 Å². The van der Waals surface area contributed by atoms with Crippen LogP contribution < -0.4 is 5.32 Å². The number of nitrogens with one attached hydrogen (secondary N) is 1. The van der Waals surface area contributed by atoms with Gasteiger partial charge in [0.2, 0.25) is 0 Å². The van der Waals surface area contributed by atoms with Gasteiger partial charge in [0.25, 0.3) is 5.91 Å². The monoisotopic (exact) mass is 222 g/mol. The molecule has 2 rings (SSSR count). The third kappa shape index (κ3) is 1.77. The molecule has 0 saturated carbocycles. The van der Waals surface area contributed by atoms with Crippen molar-refractivity contribution in [1.29, 1.82) is 0 Å². The zero-order valence-electron chi connectivity index (χ0n) is 9.07. The van der Waals surface area contributed by atoms with Gasteiger partial charge in [-0.2, -0.15) is 0 Å². The second-order valence-corrected chi connectivity index (χ2v) is 4.83. The zero-order chi connectivity index (χ0) is 11.0. The number of aryl methyl sites for hydroxylation is 1. The lowest BCUT2D eigenvalue weighted by Gasteiger charge is -2.08. The fourth-order valence-electron chi connectivity index (χ4n) is 1.60. The Balaban J connectivity index is 2.39. The van der Waals surface area contributed by atoms with Gasteiger partial charge in [0.05, 0.1) is 10.2 Å². The predicted molar refractivity (Wildman–Crippen MR) is 63.4 cm³/mol. The molecule has 0 aliphatic rings. The van der Waals surface area contributed by atoms with Crippen LogP contribution in [0, 0.1) is 0 Å². The molecule has 4 heteroatoms. The molecule has 15 heavy (non-hydrogen) atoms. The van der Waals surface area contributed by atoms with Crippen LogP contribution in [0.2, 0.25) is 0 Å². The molecule has 2 aromatic heterocycles. The average molecular weight is 222 g/mol. The summed E-state index contributed by atoms with van der Waals surface area (Å²) in [7, 11) is 1.92. The Labute approximate surface area is 92.7 Å². The molecule has 1 amide bonds. The van der Waals surface area contributed by atoms with Crippen LogP contribution in [0.4, 0.5) is 0 Å². The van der Waals surface area contributed by atoms with Crippen molar-refractivity contribution in [3.63, 3.8) is 0 Å². The number of hydrogen-bond donors (Lipinski definition) is 1. The number of fused-ring (bicyclic) bond motifs is 1. The minimum atomic E-state index is -0.00380. The summed E-state index contributed by atoms with van der Waals surface area (Å²) in [6.07, 6.45) is 0. The Hall–Kier alpha value is -1.29. The summed E-state index contributed by atoms with van der Waals surface area (Å²) in [5.41, 5.74) is 1.85. The Morgan fingerprint density at radius 2 is 2.27 bits per heavy atom. The lowest BCUT2D eigenvalue weighted by molar-refractivity contribution is 0.0935. The fourth-order valence-corrected chi connectivity index (χ4v) is 2.45. The molecule has 80 valence electrons. The Kier molecular flexibility index (Phi) is 2.52. The van der Waals surface area contributed by atoms with Crippen molar-refractivity contribution >= 4 is 27.5 Å². The molecule has 0 aromatic carbocycles. The van der Waals surface area contributed by atoms with Crippen LogP contribution in [0.1, 0.15) is 24.3 Å². The normalized spacial score (nSPS) is 11.2. The first kappa shape index (κ1) is 10.2. The number of nitrogens with zero attached hydrogens (tertiary/aromatic N) is 1. The maximum absolute atomic E-state index is 11.8. The third-order valence-corrected chi connectivity index (χ3v) is 3.17. The van der Waals surface area contributed by atoms with E-state index in [2.05, 4.69) is 5.32 Å². The molecule has 2 aromatic rings. The second kappa shape index (κ2) is 3.70. The van der Waals surface area contributed by atoms with E-state index >= 15 is 0 Å². The zero-order valence-corrected chi connectivity index (χ0v) is 9.89. The summed E-state index contributed by atoms with van der Waals surface area (Å²) in [6.45, 7) is 3.92. The summed E-state index contributed by atoms with van der Waals surface area (Å²) in [6, 6.07) is 4.15. The highest BCUT2D eigenvalue weighted by atomic mass is 32.1. The van der Waals surface area contributed by atoms with Gasteiger partial charge >= 0.3 is 0 Å². The molecule has 0 aliphatic heterocycles. The SMILES string of the molecule is CC(C)NC(=O)c1cc2sccc2n1C. The minimum absolute atomic E-state index is 0.00380. The van der Waals surface area contributed by atoms with Crippen molar-refractivity contribution in [3.05, 3.63) is 23.2 Å². The van der Waals surface area contributed by atoms with Gasteiger partial charge in [0.1, 0.15) is 5.69 Å². The van der Waals surface area contributed by atoms with E-state index in [0.717, 1.165) is 15.9 Å². The molecule has 2 heterocycles. The number of aromatic nitrogens is 1. The summed E-state index contributed by atoms with van der Waals surface area (Å²) < 4.78 is 3.09. The maximum Gasteiger partial charge on any atom is 0.268 e. The Morgan fingerprint density at radius 1 is 1.53 bits per heavy atom. The second-order valence-electron chi connectivity index (χ2n) is 3.89. The maximum atomic E-state index is 11.8. The van der Waals surface area contributed by atoms with E-state index in [-0.39, 0.29) is 11.9 Å². The molecular formula is C11H14N2OS. The number of amides is 1. The molecule has 0 bridgehead atoms. The van der Waals surface area contributed by atoms with E-state index in [1.807, 2.05) is 43.0 Å². The summed E-state index contributed by atoms with van der Waals surface area (Å²) in [4.78, 5) is 11.8. The minimum Gasteiger partial charge on any atom is -0.349 e. The van der Waals surface area contributed by atoms with Crippen LogP contribution >= 0.6 is 11.3 Å². The van der Waals surface area contributed by atoms with E-state index in [0.29, 0.717) is 0 Å². The van der Waals surface area contributed by atoms with Crippen molar-refractivity contribution in [2.45, 2.75) is 19.9 Å². The molecule has 0 radical (unpaired) electrons. The van der Waals surface area contributed by atoms with Gasteiger partial charge in [-0.15, -0.1) is 11.3 Å². The topological polar surface area (TPSA) is 34.0 Å². The van der Waals surface area contributed by atoms with Crippen molar-refractivity contribution in [2.75, 3.05) is 0 Å². The van der Waals surface area contributed by atoms with Gasteiger partial charge < -0.3 is 9.88 Å². The molecule has 0 atom stereocenters. The molecule has 3 nitrogen and oxygen atoms in total. The van der Waals surface area contributed by atoms with Gasteiger partial charge in [0, 0.05) is 13.1 Å². The highest BCUT2D eigenvalue weighted by molar-refractivity contribution is 7.17. The standard InChI is InChI=1S/C11H14N2OS/c1-7(2)12-11(14)9-6-10-8(13(9)3)4-5-15-10/h4-7H,1-3H3,(H,12,14). The van der Waals surface area contributed by atoms with E-state index in [1.165, 1.54) is 0 Å². The fraction of sp³-hybridized carbons (Fsp3) is 0.364. The van der Waals surface area contributed by atoms with Crippen molar-refractivity contribution in [2.24, 2.45) is 7.05 Å². The van der Waals surface area contributed by atoms with Crippen LogP contribution in [0.3, 0.4) is 0 Å². The summed E-state index contributed by atoms with van der Waals surface area (Å²) in [5, 5.41) is 4.93. The van der Waals surface area contributed by atoms with Crippen LogP contribution in [0.25, 0.3) is 10.2 Å². The van der Waals surface area contributed by atoms with Crippen LogP contribution in [0.15, 0.2) is 17.5 Å². The van der Waals surface area contributed by atoms with Crippen LogP contribution in [-0.2, 0) is 7.05 Å². The van der Waals surface area contributed by atoms with E-state index in [4.69, 9.17) is 0 Å². The summed E-state index contributed by atoms with van der Waals surface area (Å²) >= 11 is 1.66. The lowest BCUT2D eigenvalue weighted by atomic mass is 10.3. The quantitative estimate of drug-likeness (QED) is 0.831. The van der Waals surface area contributed by atoms with Gasteiger partial charge in [0.15, 0.2) is 0 Å². The Morgan fingerprint density at radius 3 is 2.87 bits per heavy atom. The van der Waals surface area contributed by atoms with Gasteiger partial charge in [-0.1, -0.05) is 0 Å². The molecule has 1 N–H and O–H groups in total. The van der Waals surface area contributed by atoms with Crippen molar-refractivity contribution < 1.29 is 4.79 Å². The first-order valence-corrected chi connectivity index (χ1v) is 5.81. The van der Waals surface area contributed by atoms with E-state index < -0.39 is 0 Å². The van der Waals surface area contributed by atoms with Crippen molar-refractivity contribution in [1.82, 2.24) is 9.88 Å². The first-order chi connectivity index (χ1) is 7.09.